The molecule has 0 saturated heterocycles. The average Bonchev–Trinajstić information content (AvgIpc) is 0.904. The molecule has 144 heavy (non-hydrogen) atoms. The minimum absolute atomic E-state index is 0.00602. The third-order valence-corrected chi connectivity index (χ3v) is 16.9. The zero-order valence-electron chi connectivity index (χ0n) is 94.1. The highest BCUT2D eigenvalue weighted by atomic mass is 16.8. The van der Waals surface area contributed by atoms with E-state index in [1.165, 1.54) is 34.1 Å². The molecule has 40 nitrogen and oxygen atoms in total. The third kappa shape index (κ3) is 85.1. The van der Waals surface area contributed by atoms with Gasteiger partial charge in [-0.25, -0.2) is 4.79 Å². The van der Waals surface area contributed by atoms with Gasteiger partial charge >= 0.3 is 119 Å². The Balaban J connectivity index is -0.000000238. The zero-order valence-corrected chi connectivity index (χ0v) is 94.1. The summed E-state index contributed by atoms with van der Waals surface area (Å²) in [5, 5.41) is 0. The average molecular weight is 2070 g/mol. The first-order valence-corrected chi connectivity index (χ1v) is 48.7. The van der Waals surface area contributed by atoms with Crippen LogP contribution in [-0.4, -0.2) is 185 Å². The van der Waals surface area contributed by atoms with Crippen molar-refractivity contribution >= 4 is 119 Å². The Morgan fingerprint density at radius 2 is 0.424 bits per heavy atom. The highest BCUT2D eigenvalue weighted by Crippen LogP contribution is 2.25. The van der Waals surface area contributed by atoms with Crippen molar-refractivity contribution in [1.82, 2.24) is 0 Å². The molecule has 1 fully saturated rings. The molecule has 1 aliphatic rings. The number of hydrogen-bond donors (Lipinski definition) is 0. The molecular weight excluding hydrogens is 1890 g/mol. The van der Waals surface area contributed by atoms with Gasteiger partial charge < -0.3 is 94.7 Å². The maximum atomic E-state index is 11.5. The lowest BCUT2D eigenvalue weighted by molar-refractivity contribution is -0.201. The third-order valence-electron chi connectivity index (χ3n) is 16.9. The van der Waals surface area contributed by atoms with Gasteiger partial charge in [-0.05, 0) is 45.7 Å². The molecule has 0 N–H and O–H groups in total. The Morgan fingerprint density at radius 1 is 0.236 bits per heavy atom. The van der Waals surface area contributed by atoms with Crippen molar-refractivity contribution in [2.24, 2.45) is 118 Å². The van der Waals surface area contributed by atoms with Gasteiger partial charge in [0.1, 0.15) is 0 Å². The van der Waals surface area contributed by atoms with Crippen LogP contribution in [-0.2, 0) is 186 Å². The fraction of sp³-hybridized carbons (Fsp3) is 0.750. The van der Waals surface area contributed by atoms with E-state index in [9.17, 15) is 95.9 Å². The highest BCUT2D eigenvalue weighted by molar-refractivity contribution is 5.89. The molecule has 0 bridgehead atoms. The molecule has 1 saturated carbocycles. The normalized spacial score (nSPS) is 11.5. The molecule has 0 spiro atoms. The smallest absolute Gasteiger partial charge is 0.340 e. The van der Waals surface area contributed by atoms with Gasteiger partial charge in [-0.3, -0.25) is 91.1 Å². The number of rotatable bonds is 40. The van der Waals surface area contributed by atoms with Crippen LogP contribution in [0.3, 0.4) is 0 Å². The Bertz CT molecular complexity index is 3590. The molecular formula is C104H178O40. The largest absolute Gasteiger partial charge is 0.428 e. The van der Waals surface area contributed by atoms with E-state index in [4.69, 9.17) is 71.1 Å². The molecule has 2 rings (SSSR count). The van der Waals surface area contributed by atoms with Crippen LogP contribution in [0.5, 0.6) is 0 Å². The number of carbonyl (C=O) groups is 20. The lowest BCUT2D eigenvalue weighted by Gasteiger charge is -2.23. The van der Waals surface area contributed by atoms with Crippen molar-refractivity contribution in [1.29, 1.82) is 0 Å². The summed E-state index contributed by atoms with van der Waals surface area (Å²) in [5.41, 5.74) is -0.132. The second kappa shape index (κ2) is 82.9. The van der Waals surface area contributed by atoms with Crippen molar-refractivity contribution in [2.45, 2.75) is 361 Å². The summed E-state index contributed by atoms with van der Waals surface area (Å²) in [7, 11) is 0. The van der Waals surface area contributed by atoms with Gasteiger partial charge in [0.15, 0.2) is 0 Å². The predicted molar refractivity (Wildman–Crippen MR) is 527 cm³/mol. The quantitative estimate of drug-likeness (QED) is 0.0334. The van der Waals surface area contributed by atoms with Crippen molar-refractivity contribution in [3.63, 3.8) is 0 Å². The standard InChI is InChI=1S/C12H20O4.C12H14O4.2C12H22O4.4C10H18O4.C9H16O4.C7H12O4/c2*1-9(2)11(13)15-8-16-12(14)10-6-4-3-5-7-10;2*1-7(2)10(13)15-12(9(5)6)16-11(14)8(3)4;1-7(2)8(11)13-6-14-9(12)10(3,4)5;3*1-6(2)9(11)13-8(5)14-10(12)7(3)4;1-6(2)8(10)12-5-13-9(11)7(3)4;1-5(2)7(9)11-4-10-6(3)8/h9-10H,3-8H2,1-2H3;3-7,9H,8H2,1-2H3;2*7-9,12H,1-6H3;7H,6H2,1-5H3;3*6-8H,1-5H3;6-7H,5H2,1-4H3;5H,4H2,1-3H3. The first kappa shape index (κ1) is 148. The Kier molecular flexibility index (Phi) is 85.1. The number of esters is 20. The number of hydrogen-bond acceptors (Lipinski definition) is 40. The van der Waals surface area contributed by atoms with E-state index in [1.807, 2.05) is 27.7 Å². The number of benzene rings is 1. The second-order valence-electron chi connectivity index (χ2n) is 39.1. The molecule has 1 aliphatic carbocycles. The van der Waals surface area contributed by atoms with Crippen LogP contribution in [0.4, 0.5) is 0 Å². The van der Waals surface area contributed by atoms with Crippen LogP contribution in [0.25, 0.3) is 0 Å². The zero-order chi connectivity index (χ0) is 114. The second-order valence-corrected chi connectivity index (χ2v) is 39.1. The first-order valence-electron chi connectivity index (χ1n) is 48.7. The van der Waals surface area contributed by atoms with Crippen LogP contribution < -0.4 is 0 Å². The molecule has 0 aliphatic heterocycles. The van der Waals surface area contributed by atoms with Crippen LogP contribution >= 0.6 is 0 Å². The molecule has 40 heteroatoms. The molecule has 0 unspecified atom stereocenters. The summed E-state index contributed by atoms with van der Waals surface area (Å²) in [4.78, 5) is 222. The summed E-state index contributed by atoms with van der Waals surface area (Å²) >= 11 is 0. The van der Waals surface area contributed by atoms with Gasteiger partial charge in [-0.15, -0.1) is 0 Å². The van der Waals surface area contributed by atoms with E-state index >= 15 is 0 Å². The monoisotopic (exact) mass is 2070 g/mol. The molecule has 1 aromatic rings. The van der Waals surface area contributed by atoms with Crippen molar-refractivity contribution in [3.05, 3.63) is 35.9 Å². The van der Waals surface area contributed by atoms with E-state index in [1.54, 1.807) is 273 Å². The lowest BCUT2D eigenvalue weighted by atomic mass is 9.89. The lowest BCUT2D eigenvalue weighted by Crippen LogP contribution is -2.32. The van der Waals surface area contributed by atoms with E-state index in [0.717, 1.165) is 25.7 Å². The summed E-state index contributed by atoms with van der Waals surface area (Å²) < 4.78 is 96.4. The Morgan fingerprint density at radius 3 is 0.618 bits per heavy atom. The van der Waals surface area contributed by atoms with Gasteiger partial charge in [-0.1, -0.05) is 287 Å². The van der Waals surface area contributed by atoms with Gasteiger partial charge in [0.2, 0.25) is 65.4 Å². The fourth-order valence-electron chi connectivity index (χ4n) is 7.54. The maximum absolute atomic E-state index is 11.5. The summed E-state index contributed by atoms with van der Waals surface area (Å²) in [6.07, 6.45) is 1.19. The van der Waals surface area contributed by atoms with Gasteiger partial charge in [0.05, 0.1) is 112 Å². The SMILES string of the molecule is CC(=O)OCOC(=O)C(C)C.CC(C)C(=O)OC(OC(=O)C(C)C)C(C)C.CC(C)C(=O)OC(OC(=O)C(C)C)C(C)C.CC(C)C(=O)OCOC(=O)C(C)(C)C.CC(C)C(=O)OCOC(=O)C(C)C.CC(C)C(=O)OCOC(=O)C1CCCCC1.CC(C)C(=O)OCOC(=O)c1ccccc1.CC(OC(=O)C(C)C)OC(=O)C(C)C.CC(OC(=O)C(C)C)OC(=O)C(C)C.CC(OC(=O)C(C)C)OC(=O)C(C)C. The van der Waals surface area contributed by atoms with Gasteiger partial charge in [0, 0.05) is 39.5 Å². The van der Waals surface area contributed by atoms with Crippen LogP contribution in [0, 0.1) is 118 Å². The Hall–Kier alpha value is -11.4. The summed E-state index contributed by atoms with van der Waals surface area (Å²) in [5.74, 6) is -10.8. The molecule has 0 atom stereocenters. The summed E-state index contributed by atoms with van der Waals surface area (Å²) in [6.45, 7) is 72.1. The minimum atomic E-state index is -0.806. The summed E-state index contributed by atoms with van der Waals surface area (Å²) in [6, 6.07) is 8.53. The van der Waals surface area contributed by atoms with Crippen molar-refractivity contribution in [3.8, 4) is 0 Å². The molecule has 0 amide bonds. The Labute approximate surface area is 855 Å². The van der Waals surface area contributed by atoms with E-state index in [2.05, 4.69) is 23.7 Å². The first-order chi connectivity index (χ1) is 66.0. The van der Waals surface area contributed by atoms with Crippen molar-refractivity contribution in [2.75, 3.05) is 34.0 Å². The predicted octanol–water partition coefficient (Wildman–Crippen LogP) is 18.0. The molecule has 1 aromatic carbocycles. The van der Waals surface area contributed by atoms with E-state index in [-0.39, 0.29) is 254 Å². The number of carbonyl (C=O) groups excluding carboxylic acids is 20. The molecule has 834 valence electrons. The van der Waals surface area contributed by atoms with E-state index < -0.39 is 48.8 Å². The van der Waals surface area contributed by atoms with Crippen LogP contribution in [0.15, 0.2) is 30.3 Å². The van der Waals surface area contributed by atoms with E-state index in [0.29, 0.717) is 5.56 Å². The van der Waals surface area contributed by atoms with Crippen LogP contribution in [0.1, 0.15) is 340 Å². The number of ether oxygens (including phenoxy) is 20. The van der Waals surface area contributed by atoms with Gasteiger partial charge in [0.25, 0.3) is 0 Å². The molecule has 0 aromatic heterocycles. The molecule has 0 radical (unpaired) electrons. The fourth-order valence-corrected chi connectivity index (χ4v) is 7.54. The van der Waals surface area contributed by atoms with Crippen LogP contribution in [0.2, 0.25) is 0 Å². The molecule has 0 heterocycles. The van der Waals surface area contributed by atoms with Gasteiger partial charge in [-0.2, -0.15) is 0 Å². The minimum Gasteiger partial charge on any atom is -0.428 e. The van der Waals surface area contributed by atoms with Crippen molar-refractivity contribution < 1.29 is 191 Å². The topological polar surface area (TPSA) is 526 Å². The highest BCUT2D eigenvalue weighted by Gasteiger charge is 2.30. The maximum Gasteiger partial charge on any atom is 0.340 e.